The quantitative estimate of drug-likeness (QED) is 0.559. The Bertz CT molecular complexity index is 575. The predicted octanol–water partition coefficient (Wildman–Crippen LogP) is 1.47. The standard InChI is InChI=1S/C19H30N2O5/c1-14(22)10-18(2,3)12-26-13-19(4,5)11-15(23)20-8-9-21-16(24)6-7-17(21)25/h6-7H,8-13H2,1-5H3,(H,20,23). The van der Waals surface area contributed by atoms with Crippen molar-refractivity contribution in [2.45, 2.75) is 47.5 Å². The Morgan fingerprint density at radius 3 is 2.00 bits per heavy atom. The van der Waals surface area contributed by atoms with E-state index in [0.29, 0.717) is 19.6 Å². The van der Waals surface area contributed by atoms with Crippen LogP contribution in [0.1, 0.15) is 47.5 Å². The van der Waals surface area contributed by atoms with Crippen LogP contribution in [0.3, 0.4) is 0 Å². The fourth-order valence-electron chi connectivity index (χ4n) is 2.84. The van der Waals surface area contributed by atoms with Gasteiger partial charge in [0.15, 0.2) is 0 Å². The average Bonchev–Trinajstić information content (AvgIpc) is 2.76. The number of amides is 3. The lowest BCUT2D eigenvalue weighted by molar-refractivity contribution is -0.137. The SMILES string of the molecule is CC(=O)CC(C)(C)COCC(C)(C)CC(=O)NCCN1C(=O)C=CC1=O. The van der Waals surface area contributed by atoms with Gasteiger partial charge in [0.05, 0.1) is 13.2 Å². The molecule has 7 nitrogen and oxygen atoms in total. The summed E-state index contributed by atoms with van der Waals surface area (Å²) >= 11 is 0. The van der Waals surface area contributed by atoms with E-state index in [1.54, 1.807) is 6.92 Å². The van der Waals surface area contributed by atoms with Crippen molar-refractivity contribution in [3.8, 4) is 0 Å². The zero-order chi connectivity index (χ0) is 20.0. The van der Waals surface area contributed by atoms with Gasteiger partial charge in [-0.1, -0.05) is 27.7 Å². The molecule has 1 aliphatic heterocycles. The third-order valence-corrected chi connectivity index (χ3v) is 3.91. The minimum absolute atomic E-state index is 0.127. The lowest BCUT2D eigenvalue weighted by Gasteiger charge is -2.28. The molecule has 3 amide bonds. The molecule has 1 rings (SSSR count). The molecule has 26 heavy (non-hydrogen) atoms. The summed E-state index contributed by atoms with van der Waals surface area (Å²) < 4.78 is 5.74. The Kier molecular flexibility index (Phi) is 7.68. The highest BCUT2D eigenvalue weighted by molar-refractivity contribution is 6.12. The first-order valence-corrected chi connectivity index (χ1v) is 8.79. The maximum absolute atomic E-state index is 12.1. The van der Waals surface area contributed by atoms with Crippen molar-refractivity contribution >= 4 is 23.5 Å². The number of rotatable bonds is 11. The highest BCUT2D eigenvalue weighted by atomic mass is 16.5. The average molecular weight is 366 g/mol. The van der Waals surface area contributed by atoms with Crippen molar-refractivity contribution in [3.63, 3.8) is 0 Å². The van der Waals surface area contributed by atoms with Gasteiger partial charge in [0.1, 0.15) is 5.78 Å². The monoisotopic (exact) mass is 366 g/mol. The number of hydrogen-bond donors (Lipinski definition) is 1. The highest BCUT2D eigenvalue weighted by Gasteiger charge is 2.26. The normalized spacial score (nSPS) is 14.9. The van der Waals surface area contributed by atoms with Crippen LogP contribution in [-0.2, 0) is 23.9 Å². The van der Waals surface area contributed by atoms with Crippen LogP contribution in [0, 0.1) is 10.8 Å². The summed E-state index contributed by atoms with van der Waals surface area (Å²) in [6, 6.07) is 0. The summed E-state index contributed by atoms with van der Waals surface area (Å²) in [4.78, 5) is 47.3. The van der Waals surface area contributed by atoms with Gasteiger partial charge in [0, 0.05) is 38.1 Å². The van der Waals surface area contributed by atoms with E-state index in [0.717, 1.165) is 4.90 Å². The van der Waals surface area contributed by atoms with E-state index in [1.165, 1.54) is 12.2 Å². The van der Waals surface area contributed by atoms with Gasteiger partial charge in [-0.25, -0.2) is 0 Å². The van der Waals surface area contributed by atoms with E-state index in [1.807, 2.05) is 27.7 Å². The number of ether oxygens (including phenoxy) is 1. The van der Waals surface area contributed by atoms with Gasteiger partial charge in [0.2, 0.25) is 5.91 Å². The summed E-state index contributed by atoms with van der Waals surface area (Å²) in [5.41, 5.74) is -0.593. The molecule has 0 atom stereocenters. The van der Waals surface area contributed by atoms with Crippen molar-refractivity contribution in [3.05, 3.63) is 12.2 Å². The van der Waals surface area contributed by atoms with Crippen molar-refractivity contribution in [1.82, 2.24) is 10.2 Å². The Labute approximate surface area is 155 Å². The van der Waals surface area contributed by atoms with Crippen LogP contribution >= 0.6 is 0 Å². The van der Waals surface area contributed by atoms with Gasteiger partial charge in [-0.2, -0.15) is 0 Å². The van der Waals surface area contributed by atoms with E-state index in [-0.39, 0.29) is 53.8 Å². The largest absolute Gasteiger partial charge is 0.380 e. The van der Waals surface area contributed by atoms with Crippen molar-refractivity contribution in [2.75, 3.05) is 26.3 Å². The molecule has 0 aliphatic carbocycles. The van der Waals surface area contributed by atoms with Crippen molar-refractivity contribution in [2.24, 2.45) is 10.8 Å². The minimum Gasteiger partial charge on any atom is -0.380 e. The van der Waals surface area contributed by atoms with Crippen molar-refractivity contribution < 1.29 is 23.9 Å². The van der Waals surface area contributed by atoms with Gasteiger partial charge >= 0.3 is 0 Å². The fourth-order valence-corrected chi connectivity index (χ4v) is 2.84. The molecule has 0 aromatic rings. The summed E-state index contributed by atoms with van der Waals surface area (Å²) in [6.45, 7) is 10.6. The zero-order valence-electron chi connectivity index (χ0n) is 16.4. The Hall–Kier alpha value is -2.02. The number of carbonyl (C=O) groups excluding carboxylic acids is 4. The third-order valence-electron chi connectivity index (χ3n) is 3.91. The van der Waals surface area contributed by atoms with Crippen LogP contribution in [-0.4, -0.2) is 54.7 Å². The molecule has 0 saturated heterocycles. The molecule has 0 fully saturated rings. The van der Waals surface area contributed by atoms with Gasteiger partial charge in [-0.15, -0.1) is 0 Å². The molecule has 146 valence electrons. The first kappa shape index (κ1) is 22.0. The smallest absolute Gasteiger partial charge is 0.253 e. The molecule has 0 unspecified atom stereocenters. The summed E-state index contributed by atoms with van der Waals surface area (Å²) in [6.07, 6.45) is 3.16. The number of ketones is 1. The first-order valence-electron chi connectivity index (χ1n) is 8.79. The summed E-state index contributed by atoms with van der Waals surface area (Å²) in [5, 5.41) is 2.73. The second-order valence-corrected chi connectivity index (χ2v) is 8.39. The zero-order valence-corrected chi connectivity index (χ0v) is 16.4. The van der Waals surface area contributed by atoms with Crippen LogP contribution in [0.4, 0.5) is 0 Å². The van der Waals surface area contributed by atoms with E-state index in [4.69, 9.17) is 4.74 Å². The number of hydrogen-bond acceptors (Lipinski definition) is 5. The fraction of sp³-hybridized carbons (Fsp3) is 0.684. The number of imide groups is 1. The number of Topliss-reactive ketones (excluding diaryl/α,β-unsaturated/α-hetero) is 1. The molecule has 1 N–H and O–H groups in total. The van der Waals surface area contributed by atoms with Crippen LogP contribution in [0.2, 0.25) is 0 Å². The van der Waals surface area contributed by atoms with Crippen LogP contribution in [0.25, 0.3) is 0 Å². The molecule has 7 heteroatoms. The first-order chi connectivity index (χ1) is 11.9. The highest BCUT2D eigenvalue weighted by Crippen LogP contribution is 2.25. The van der Waals surface area contributed by atoms with E-state index in [2.05, 4.69) is 5.32 Å². The van der Waals surface area contributed by atoms with E-state index < -0.39 is 0 Å². The van der Waals surface area contributed by atoms with E-state index >= 15 is 0 Å². The molecule has 0 aromatic heterocycles. The second kappa shape index (κ2) is 9.07. The Morgan fingerprint density at radius 2 is 1.50 bits per heavy atom. The molecule has 0 spiro atoms. The van der Waals surface area contributed by atoms with Gasteiger partial charge < -0.3 is 14.8 Å². The second-order valence-electron chi connectivity index (χ2n) is 8.39. The Morgan fingerprint density at radius 1 is 1.00 bits per heavy atom. The molecule has 1 heterocycles. The summed E-state index contributed by atoms with van der Waals surface area (Å²) in [5.74, 6) is -0.742. The molecule has 0 aromatic carbocycles. The maximum Gasteiger partial charge on any atom is 0.253 e. The summed E-state index contributed by atoms with van der Waals surface area (Å²) in [7, 11) is 0. The predicted molar refractivity (Wildman–Crippen MR) is 97.2 cm³/mol. The van der Waals surface area contributed by atoms with Gasteiger partial charge in [-0.3, -0.25) is 19.3 Å². The Balaban J connectivity index is 2.30. The maximum atomic E-state index is 12.1. The van der Waals surface area contributed by atoms with E-state index in [9.17, 15) is 19.2 Å². The van der Waals surface area contributed by atoms with Crippen LogP contribution < -0.4 is 5.32 Å². The molecule has 0 radical (unpaired) electrons. The minimum atomic E-state index is -0.364. The lowest BCUT2D eigenvalue weighted by Crippen LogP contribution is -2.39. The topological polar surface area (TPSA) is 92.8 Å². The molecule has 1 aliphatic rings. The molecule has 0 saturated carbocycles. The number of nitrogens with zero attached hydrogens (tertiary/aromatic N) is 1. The molecular weight excluding hydrogens is 336 g/mol. The lowest BCUT2D eigenvalue weighted by atomic mass is 9.87. The molecule has 0 bridgehead atoms. The van der Waals surface area contributed by atoms with Crippen LogP contribution in [0.15, 0.2) is 12.2 Å². The van der Waals surface area contributed by atoms with Crippen molar-refractivity contribution in [1.29, 1.82) is 0 Å². The van der Waals surface area contributed by atoms with Gasteiger partial charge in [0.25, 0.3) is 11.8 Å². The van der Waals surface area contributed by atoms with Gasteiger partial charge in [-0.05, 0) is 17.8 Å². The third kappa shape index (κ3) is 7.91. The number of carbonyl (C=O) groups is 4. The number of nitrogens with one attached hydrogen (secondary N) is 1. The van der Waals surface area contributed by atoms with Crippen LogP contribution in [0.5, 0.6) is 0 Å². The molecular formula is C19H30N2O5.